The predicted octanol–water partition coefficient (Wildman–Crippen LogP) is 3.28. The molecule has 0 spiro atoms. The smallest absolute Gasteiger partial charge is 0.119 e. The van der Waals surface area contributed by atoms with E-state index in [-0.39, 0.29) is 0 Å². The van der Waals surface area contributed by atoms with E-state index in [0.29, 0.717) is 12.0 Å². The summed E-state index contributed by atoms with van der Waals surface area (Å²) in [5, 5.41) is 0. The second-order valence-corrected chi connectivity index (χ2v) is 7.20. The van der Waals surface area contributed by atoms with Crippen molar-refractivity contribution in [2.45, 2.75) is 40.2 Å². The van der Waals surface area contributed by atoms with Crippen molar-refractivity contribution in [1.82, 2.24) is 4.90 Å². The number of nitrogens with two attached hydrogens (primary N) is 1. The molecule has 1 aliphatic rings. The summed E-state index contributed by atoms with van der Waals surface area (Å²) in [5.74, 6) is 1.78. The van der Waals surface area contributed by atoms with Crippen LogP contribution in [0.25, 0.3) is 0 Å². The molecule has 1 aromatic rings. The summed E-state index contributed by atoms with van der Waals surface area (Å²) < 4.78 is 5.79. The lowest BCUT2D eigenvalue weighted by molar-refractivity contribution is 0.218. The lowest BCUT2D eigenvalue weighted by atomic mass is 9.80. The first-order chi connectivity index (χ1) is 9.99. The standard InChI is InChI=1S/C18H30N2O/c1-18(2,3)16-9-11-20(14-16)10-4-12-21-17-7-5-15(13-19)6-8-17/h5-8,16H,4,9-14,19H2,1-3H3. The van der Waals surface area contributed by atoms with E-state index in [1.54, 1.807) is 0 Å². The third-order valence-electron chi connectivity index (χ3n) is 4.54. The van der Waals surface area contributed by atoms with E-state index in [1.807, 2.05) is 24.3 Å². The van der Waals surface area contributed by atoms with Crippen molar-refractivity contribution in [3.05, 3.63) is 29.8 Å². The molecule has 2 rings (SSSR count). The molecule has 118 valence electrons. The molecule has 0 bridgehead atoms. The third kappa shape index (κ3) is 5.01. The van der Waals surface area contributed by atoms with Gasteiger partial charge < -0.3 is 15.4 Å². The maximum Gasteiger partial charge on any atom is 0.119 e. The Morgan fingerprint density at radius 2 is 1.95 bits per heavy atom. The Bertz CT molecular complexity index is 422. The summed E-state index contributed by atoms with van der Waals surface area (Å²) in [4.78, 5) is 2.58. The minimum atomic E-state index is 0.440. The Morgan fingerprint density at radius 1 is 1.24 bits per heavy atom. The van der Waals surface area contributed by atoms with Gasteiger partial charge in [-0.15, -0.1) is 0 Å². The highest BCUT2D eigenvalue weighted by Crippen LogP contribution is 2.33. The van der Waals surface area contributed by atoms with Gasteiger partial charge in [0.25, 0.3) is 0 Å². The number of nitrogens with zero attached hydrogens (tertiary/aromatic N) is 1. The molecule has 1 saturated heterocycles. The number of hydrogen-bond acceptors (Lipinski definition) is 3. The van der Waals surface area contributed by atoms with Crippen LogP contribution in [0.4, 0.5) is 0 Å². The van der Waals surface area contributed by atoms with Crippen LogP contribution >= 0.6 is 0 Å². The number of likely N-dealkylation sites (tertiary alicyclic amines) is 1. The largest absolute Gasteiger partial charge is 0.494 e. The van der Waals surface area contributed by atoms with Gasteiger partial charge in [-0.3, -0.25) is 0 Å². The highest BCUT2D eigenvalue weighted by molar-refractivity contribution is 5.26. The highest BCUT2D eigenvalue weighted by Gasteiger charge is 2.31. The molecule has 0 aliphatic carbocycles. The zero-order chi connectivity index (χ0) is 15.3. The first kappa shape index (κ1) is 16.3. The summed E-state index contributed by atoms with van der Waals surface area (Å²) in [7, 11) is 0. The second kappa shape index (κ2) is 7.28. The van der Waals surface area contributed by atoms with Crippen LogP contribution in [0.5, 0.6) is 5.75 Å². The molecule has 1 aromatic carbocycles. The van der Waals surface area contributed by atoms with Crippen LogP contribution in [0.3, 0.4) is 0 Å². The van der Waals surface area contributed by atoms with Crippen molar-refractivity contribution < 1.29 is 4.74 Å². The molecular weight excluding hydrogens is 260 g/mol. The molecule has 1 aliphatic heterocycles. The Hall–Kier alpha value is -1.06. The van der Waals surface area contributed by atoms with Gasteiger partial charge >= 0.3 is 0 Å². The molecule has 3 heteroatoms. The zero-order valence-corrected chi connectivity index (χ0v) is 13.8. The Labute approximate surface area is 129 Å². The highest BCUT2D eigenvalue weighted by atomic mass is 16.5. The number of benzene rings is 1. The summed E-state index contributed by atoms with van der Waals surface area (Å²) in [6, 6.07) is 8.08. The Kier molecular flexibility index (Phi) is 5.65. The van der Waals surface area contributed by atoms with Crippen molar-refractivity contribution in [3.63, 3.8) is 0 Å². The topological polar surface area (TPSA) is 38.5 Å². The van der Waals surface area contributed by atoms with Crippen LogP contribution in [0.1, 0.15) is 39.2 Å². The summed E-state index contributed by atoms with van der Waals surface area (Å²) in [5.41, 5.74) is 7.17. The molecule has 1 unspecified atom stereocenters. The molecule has 1 atom stereocenters. The first-order valence-electron chi connectivity index (χ1n) is 8.13. The lowest BCUT2D eigenvalue weighted by Gasteiger charge is -2.27. The van der Waals surface area contributed by atoms with Crippen molar-refractivity contribution in [1.29, 1.82) is 0 Å². The molecule has 0 aromatic heterocycles. The minimum absolute atomic E-state index is 0.440. The average molecular weight is 290 g/mol. The van der Waals surface area contributed by atoms with E-state index in [1.165, 1.54) is 19.5 Å². The zero-order valence-electron chi connectivity index (χ0n) is 13.8. The molecular formula is C18H30N2O. The molecule has 0 amide bonds. The Balaban J connectivity index is 1.64. The Morgan fingerprint density at radius 3 is 2.52 bits per heavy atom. The SMILES string of the molecule is CC(C)(C)C1CCN(CCCOc2ccc(CN)cc2)C1. The number of hydrogen-bond donors (Lipinski definition) is 1. The quantitative estimate of drug-likeness (QED) is 0.817. The predicted molar refractivity (Wildman–Crippen MR) is 88.4 cm³/mol. The van der Waals surface area contributed by atoms with Gasteiger partial charge in [-0.05, 0) is 48.4 Å². The van der Waals surface area contributed by atoms with Crippen LogP contribution < -0.4 is 10.5 Å². The van der Waals surface area contributed by atoms with Gasteiger partial charge in [0, 0.05) is 19.6 Å². The van der Waals surface area contributed by atoms with Crippen molar-refractivity contribution >= 4 is 0 Å². The molecule has 0 radical (unpaired) electrons. The van der Waals surface area contributed by atoms with Gasteiger partial charge in [-0.25, -0.2) is 0 Å². The van der Waals surface area contributed by atoms with E-state index in [0.717, 1.165) is 36.8 Å². The van der Waals surface area contributed by atoms with Crippen LogP contribution in [0, 0.1) is 11.3 Å². The third-order valence-corrected chi connectivity index (χ3v) is 4.54. The fraction of sp³-hybridized carbons (Fsp3) is 0.667. The summed E-state index contributed by atoms with van der Waals surface area (Å²) in [6.07, 6.45) is 2.43. The van der Waals surface area contributed by atoms with Gasteiger partial charge in [0.2, 0.25) is 0 Å². The van der Waals surface area contributed by atoms with Crippen molar-refractivity contribution in [2.24, 2.45) is 17.1 Å². The van der Waals surface area contributed by atoms with Crippen LogP contribution in [-0.2, 0) is 6.54 Å². The fourth-order valence-corrected chi connectivity index (χ4v) is 2.94. The van der Waals surface area contributed by atoms with E-state index in [9.17, 15) is 0 Å². The average Bonchev–Trinajstić information content (AvgIpc) is 2.93. The van der Waals surface area contributed by atoms with Gasteiger partial charge in [0.15, 0.2) is 0 Å². The molecule has 21 heavy (non-hydrogen) atoms. The molecule has 1 fully saturated rings. The monoisotopic (exact) mass is 290 g/mol. The minimum Gasteiger partial charge on any atom is -0.494 e. The van der Waals surface area contributed by atoms with Crippen molar-refractivity contribution in [3.8, 4) is 5.75 Å². The normalized spacial score (nSPS) is 19.9. The van der Waals surface area contributed by atoms with Gasteiger partial charge in [-0.2, -0.15) is 0 Å². The van der Waals surface area contributed by atoms with Crippen LogP contribution in [0.15, 0.2) is 24.3 Å². The fourth-order valence-electron chi connectivity index (χ4n) is 2.94. The summed E-state index contributed by atoms with van der Waals surface area (Å²) >= 11 is 0. The number of ether oxygens (including phenoxy) is 1. The van der Waals surface area contributed by atoms with Crippen molar-refractivity contribution in [2.75, 3.05) is 26.2 Å². The lowest BCUT2D eigenvalue weighted by Crippen LogP contribution is -2.27. The first-order valence-corrected chi connectivity index (χ1v) is 8.13. The van der Waals surface area contributed by atoms with Gasteiger partial charge in [0.05, 0.1) is 6.61 Å². The van der Waals surface area contributed by atoms with E-state index in [4.69, 9.17) is 10.5 Å². The maximum atomic E-state index is 5.79. The maximum absolute atomic E-state index is 5.79. The molecule has 0 saturated carbocycles. The van der Waals surface area contributed by atoms with Crippen LogP contribution in [0.2, 0.25) is 0 Å². The van der Waals surface area contributed by atoms with Crippen LogP contribution in [-0.4, -0.2) is 31.1 Å². The van der Waals surface area contributed by atoms with Gasteiger partial charge in [-0.1, -0.05) is 32.9 Å². The molecule has 1 heterocycles. The van der Waals surface area contributed by atoms with Gasteiger partial charge in [0.1, 0.15) is 5.75 Å². The second-order valence-electron chi connectivity index (χ2n) is 7.20. The van der Waals surface area contributed by atoms with E-state index >= 15 is 0 Å². The summed E-state index contributed by atoms with van der Waals surface area (Å²) in [6.45, 7) is 12.1. The van der Waals surface area contributed by atoms with E-state index < -0.39 is 0 Å². The molecule has 2 N–H and O–H groups in total. The molecule has 3 nitrogen and oxygen atoms in total. The number of rotatable bonds is 6. The van der Waals surface area contributed by atoms with E-state index in [2.05, 4.69) is 25.7 Å².